The quantitative estimate of drug-likeness (QED) is 0.757. The summed E-state index contributed by atoms with van der Waals surface area (Å²) in [4.78, 5) is 4.20. The lowest BCUT2D eigenvalue weighted by Crippen LogP contribution is -2.02. The molecule has 3 rings (SSSR count). The van der Waals surface area contributed by atoms with E-state index in [1.54, 1.807) is 13.3 Å². The van der Waals surface area contributed by atoms with Crippen LogP contribution in [0.4, 0.5) is 5.69 Å². The fourth-order valence-electron chi connectivity index (χ4n) is 2.45. The van der Waals surface area contributed by atoms with Gasteiger partial charge in [-0.15, -0.1) is 0 Å². The summed E-state index contributed by atoms with van der Waals surface area (Å²) in [6.45, 7) is 0.710. The zero-order valence-corrected chi connectivity index (χ0v) is 12.5. The molecular weight excluding hydrogens is 272 g/mol. The Balaban J connectivity index is 1.85. The van der Waals surface area contributed by atoms with Crippen molar-refractivity contribution in [2.24, 2.45) is 0 Å². The Kier molecular flexibility index (Phi) is 4.35. The van der Waals surface area contributed by atoms with Crippen LogP contribution in [0.3, 0.4) is 0 Å². The molecule has 0 aliphatic carbocycles. The van der Waals surface area contributed by atoms with Crippen LogP contribution in [0.5, 0.6) is 5.75 Å². The second-order valence-corrected chi connectivity index (χ2v) is 4.95. The molecule has 2 aromatic carbocycles. The average molecular weight is 290 g/mol. The van der Waals surface area contributed by atoms with Gasteiger partial charge >= 0.3 is 0 Å². The fourth-order valence-corrected chi connectivity index (χ4v) is 2.45. The molecule has 1 aromatic heterocycles. The third-order valence-corrected chi connectivity index (χ3v) is 3.56. The van der Waals surface area contributed by atoms with Crippen LogP contribution < -0.4 is 10.1 Å². The summed E-state index contributed by atoms with van der Waals surface area (Å²) in [5, 5.41) is 3.49. The maximum atomic E-state index is 5.40. The Labute approximate surface area is 130 Å². The summed E-state index contributed by atoms with van der Waals surface area (Å²) in [5.41, 5.74) is 4.46. The highest BCUT2D eigenvalue weighted by Gasteiger charge is 2.06. The van der Waals surface area contributed by atoms with Gasteiger partial charge in [0, 0.05) is 41.3 Å². The van der Waals surface area contributed by atoms with Crippen molar-refractivity contribution in [2.45, 2.75) is 6.54 Å². The van der Waals surface area contributed by atoms with Crippen molar-refractivity contribution in [3.8, 4) is 16.9 Å². The molecule has 0 aliphatic rings. The van der Waals surface area contributed by atoms with Crippen LogP contribution in [-0.4, -0.2) is 12.1 Å². The summed E-state index contributed by atoms with van der Waals surface area (Å²) >= 11 is 0. The number of anilines is 1. The van der Waals surface area contributed by atoms with Crippen molar-refractivity contribution in [1.82, 2.24) is 4.98 Å². The molecular formula is C19H18N2O. The minimum absolute atomic E-state index is 0.710. The van der Waals surface area contributed by atoms with Crippen molar-refractivity contribution in [1.29, 1.82) is 0 Å². The van der Waals surface area contributed by atoms with E-state index in [0.717, 1.165) is 28.1 Å². The Hall–Kier alpha value is -2.81. The van der Waals surface area contributed by atoms with Crippen molar-refractivity contribution < 1.29 is 4.74 Å². The number of para-hydroxylation sites is 2. The van der Waals surface area contributed by atoms with E-state index in [1.165, 1.54) is 0 Å². The van der Waals surface area contributed by atoms with Gasteiger partial charge in [0.25, 0.3) is 0 Å². The lowest BCUT2D eigenvalue weighted by Gasteiger charge is -2.14. The van der Waals surface area contributed by atoms with Gasteiger partial charge in [-0.05, 0) is 18.2 Å². The molecule has 0 unspecified atom stereocenters. The van der Waals surface area contributed by atoms with Crippen molar-refractivity contribution in [3.63, 3.8) is 0 Å². The van der Waals surface area contributed by atoms with Gasteiger partial charge in [0.05, 0.1) is 7.11 Å². The molecule has 0 atom stereocenters. The van der Waals surface area contributed by atoms with Crippen molar-refractivity contribution in [3.05, 3.63) is 78.6 Å². The highest BCUT2D eigenvalue weighted by atomic mass is 16.5. The van der Waals surface area contributed by atoms with E-state index in [4.69, 9.17) is 4.74 Å². The third kappa shape index (κ3) is 3.09. The first-order chi connectivity index (χ1) is 10.9. The lowest BCUT2D eigenvalue weighted by molar-refractivity contribution is 0.410. The minimum atomic E-state index is 0.710. The van der Waals surface area contributed by atoms with E-state index in [2.05, 4.69) is 34.6 Å². The largest absolute Gasteiger partial charge is 0.496 e. The second-order valence-electron chi connectivity index (χ2n) is 4.95. The normalized spacial score (nSPS) is 10.2. The van der Waals surface area contributed by atoms with E-state index in [9.17, 15) is 0 Å². The first-order valence-corrected chi connectivity index (χ1v) is 7.23. The van der Waals surface area contributed by atoms with Gasteiger partial charge in [-0.1, -0.05) is 42.5 Å². The number of methoxy groups -OCH3 is 1. The topological polar surface area (TPSA) is 34.1 Å². The number of pyridine rings is 1. The minimum Gasteiger partial charge on any atom is -0.496 e. The zero-order valence-electron chi connectivity index (χ0n) is 12.5. The number of nitrogens with zero attached hydrogens (tertiary/aromatic N) is 1. The molecule has 0 saturated heterocycles. The standard InChI is InChI=1S/C19H18N2O/c1-22-19-11-5-2-7-16(19)14-21-18-10-4-3-9-17(18)15-8-6-12-20-13-15/h2-13,21H,14H2,1H3. The molecule has 22 heavy (non-hydrogen) atoms. The zero-order chi connectivity index (χ0) is 15.2. The molecule has 0 bridgehead atoms. The summed E-state index contributed by atoms with van der Waals surface area (Å²) in [6.07, 6.45) is 3.66. The number of hydrogen-bond acceptors (Lipinski definition) is 3. The van der Waals surface area contributed by atoms with Crippen LogP contribution >= 0.6 is 0 Å². The second kappa shape index (κ2) is 6.76. The summed E-state index contributed by atoms with van der Waals surface area (Å²) < 4.78 is 5.40. The van der Waals surface area contributed by atoms with E-state index in [0.29, 0.717) is 6.54 Å². The molecule has 110 valence electrons. The lowest BCUT2D eigenvalue weighted by atomic mass is 10.1. The molecule has 0 radical (unpaired) electrons. The third-order valence-electron chi connectivity index (χ3n) is 3.56. The van der Waals surface area contributed by atoms with Gasteiger partial charge in [-0.25, -0.2) is 0 Å². The number of nitrogens with one attached hydrogen (secondary N) is 1. The molecule has 0 aliphatic heterocycles. The Morgan fingerprint density at radius 3 is 2.59 bits per heavy atom. The number of aromatic nitrogens is 1. The van der Waals surface area contributed by atoms with E-state index in [1.807, 2.05) is 42.6 Å². The molecule has 3 nitrogen and oxygen atoms in total. The summed E-state index contributed by atoms with van der Waals surface area (Å²) in [7, 11) is 1.70. The van der Waals surface area contributed by atoms with Crippen LogP contribution in [0.15, 0.2) is 73.1 Å². The van der Waals surface area contributed by atoms with Crippen molar-refractivity contribution >= 4 is 5.69 Å². The maximum absolute atomic E-state index is 5.40. The van der Waals surface area contributed by atoms with E-state index in [-0.39, 0.29) is 0 Å². The molecule has 3 heteroatoms. The van der Waals surface area contributed by atoms with Gasteiger partial charge in [-0.3, -0.25) is 4.98 Å². The highest BCUT2D eigenvalue weighted by molar-refractivity contribution is 5.77. The van der Waals surface area contributed by atoms with Crippen molar-refractivity contribution in [2.75, 3.05) is 12.4 Å². The Morgan fingerprint density at radius 2 is 1.77 bits per heavy atom. The SMILES string of the molecule is COc1ccccc1CNc1ccccc1-c1cccnc1. The Morgan fingerprint density at radius 1 is 0.955 bits per heavy atom. The number of hydrogen-bond donors (Lipinski definition) is 1. The first-order valence-electron chi connectivity index (χ1n) is 7.23. The fraction of sp³-hybridized carbons (Fsp3) is 0.105. The number of rotatable bonds is 5. The summed E-state index contributed by atoms with van der Waals surface area (Å²) in [6, 6.07) is 20.3. The smallest absolute Gasteiger partial charge is 0.123 e. The van der Waals surface area contributed by atoms with Crippen LogP contribution in [0.25, 0.3) is 11.1 Å². The predicted molar refractivity (Wildman–Crippen MR) is 90.0 cm³/mol. The van der Waals surface area contributed by atoms with Crippen LogP contribution in [-0.2, 0) is 6.54 Å². The average Bonchev–Trinajstić information content (AvgIpc) is 2.61. The van der Waals surface area contributed by atoms with Gasteiger partial charge in [0.15, 0.2) is 0 Å². The molecule has 0 saturated carbocycles. The van der Waals surface area contributed by atoms with Crippen LogP contribution in [0, 0.1) is 0 Å². The molecule has 0 fully saturated rings. The van der Waals surface area contributed by atoms with Crippen LogP contribution in [0.1, 0.15) is 5.56 Å². The van der Waals surface area contributed by atoms with Gasteiger partial charge in [-0.2, -0.15) is 0 Å². The molecule has 1 heterocycles. The van der Waals surface area contributed by atoms with E-state index < -0.39 is 0 Å². The van der Waals surface area contributed by atoms with Gasteiger partial charge in [0.2, 0.25) is 0 Å². The number of ether oxygens (including phenoxy) is 1. The van der Waals surface area contributed by atoms with Crippen LogP contribution in [0.2, 0.25) is 0 Å². The molecule has 0 amide bonds. The first kappa shape index (κ1) is 14.1. The van der Waals surface area contributed by atoms with Gasteiger partial charge in [0.1, 0.15) is 5.75 Å². The monoisotopic (exact) mass is 290 g/mol. The molecule has 1 N–H and O–H groups in total. The van der Waals surface area contributed by atoms with Gasteiger partial charge < -0.3 is 10.1 Å². The Bertz CT molecular complexity index is 741. The summed E-state index contributed by atoms with van der Waals surface area (Å²) in [5.74, 6) is 0.897. The predicted octanol–water partition coefficient (Wildman–Crippen LogP) is 4.37. The molecule has 0 spiro atoms. The maximum Gasteiger partial charge on any atom is 0.123 e. The molecule has 3 aromatic rings. The van der Waals surface area contributed by atoms with E-state index >= 15 is 0 Å². The highest BCUT2D eigenvalue weighted by Crippen LogP contribution is 2.28. The number of benzene rings is 2.